The van der Waals surface area contributed by atoms with Crippen molar-refractivity contribution in [3.63, 3.8) is 0 Å². The minimum absolute atomic E-state index is 0.132. The fraction of sp³-hybridized carbons (Fsp3) is 0.696. The van der Waals surface area contributed by atoms with Crippen molar-refractivity contribution in [3.05, 3.63) is 29.3 Å². The summed E-state index contributed by atoms with van der Waals surface area (Å²) in [6.45, 7) is 4.65. The first-order valence-electron chi connectivity index (χ1n) is 11.3. The summed E-state index contributed by atoms with van der Waals surface area (Å²) in [6, 6.07) is 5.28. The molecule has 0 bridgehead atoms. The lowest BCUT2D eigenvalue weighted by Gasteiger charge is -2.48. The van der Waals surface area contributed by atoms with Gasteiger partial charge in [-0.2, -0.15) is 8.42 Å². The van der Waals surface area contributed by atoms with Crippen molar-refractivity contribution in [1.82, 2.24) is 5.32 Å². The molecule has 0 aromatic heterocycles. The van der Waals surface area contributed by atoms with Crippen LogP contribution < -0.4 is 9.50 Å². The average molecular weight is 436 g/mol. The fourth-order valence-corrected chi connectivity index (χ4v) is 6.65. The molecule has 3 aliphatic carbocycles. The highest BCUT2D eigenvalue weighted by molar-refractivity contribution is 7.81. The molecule has 4 atom stereocenters. The summed E-state index contributed by atoms with van der Waals surface area (Å²) in [7, 11) is -4.49. The van der Waals surface area contributed by atoms with Gasteiger partial charge in [0, 0.05) is 11.8 Å². The molecule has 3 fully saturated rings. The third-order valence-electron chi connectivity index (χ3n) is 7.82. The molecule has 2 N–H and O–H groups in total. The van der Waals surface area contributed by atoms with Crippen molar-refractivity contribution in [2.45, 2.75) is 70.6 Å². The number of hydrogen-bond donors (Lipinski definition) is 2. The molecule has 0 radical (unpaired) electrons. The second-order valence-electron chi connectivity index (χ2n) is 9.52. The lowest BCUT2D eigenvalue weighted by atomic mass is 9.55. The Labute approximate surface area is 179 Å². The molecule has 2 saturated carbocycles. The molecular formula is C23H33NO5S. The molecule has 5 rings (SSSR count). The number of carbonyl (C=O) groups excluding carboxylic acids is 1. The highest BCUT2D eigenvalue weighted by atomic mass is 32.3. The van der Waals surface area contributed by atoms with E-state index in [0.717, 1.165) is 44.1 Å². The number of nitrogens with one attached hydrogen (secondary N) is 1. The van der Waals surface area contributed by atoms with E-state index < -0.39 is 10.4 Å². The third kappa shape index (κ3) is 4.43. The van der Waals surface area contributed by atoms with Gasteiger partial charge in [-0.15, -0.1) is 0 Å². The van der Waals surface area contributed by atoms with Gasteiger partial charge >= 0.3 is 10.4 Å². The summed E-state index contributed by atoms with van der Waals surface area (Å²) in [5.41, 5.74) is 2.23. The van der Waals surface area contributed by atoms with E-state index in [1.165, 1.54) is 37.9 Å². The van der Waals surface area contributed by atoms with Crippen molar-refractivity contribution in [1.29, 1.82) is 0 Å². The number of ketones is 1. The van der Waals surface area contributed by atoms with Crippen molar-refractivity contribution in [3.8, 4) is 5.75 Å². The van der Waals surface area contributed by atoms with Crippen molar-refractivity contribution >= 4 is 16.2 Å². The quantitative estimate of drug-likeness (QED) is 0.681. The van der Waals surface area contributed by atoms with E-state index >= 15 is 0 Å². The van der Waals surface area contributed by atoms with Crippen molar-refractivity contribution in [2.24, 2.45) is 17.3 Å². The lowest BCUT2D eigenvalue weighted by Crippen LogP contribution is -2.42. The Morgan fingerprint density at radius 2 is 1.87 bits per heavy atom. The second-order valence-corrected chi connectivity index (χ2v) is 10.5. The van der Waals surface area contributed by atoms with E-state index in [4.69, 9.17) is 4.55 Å². The van der Waals surface area contributed by atoms with Crippen LogP contribution in [0.25, 0.3) is 0 Å². The minimum atomic E-state index is -4.49. The van der Waals surface area contributed by atoms with Gasteiger partial charge in [-0.25, -0.2) is 0 Å². The zero-order valence-electron chi connectivity index (χ0n) is 17.7. The standard InChI is InChI=1S/C18H22O5S.C5H11N/c1-18-9-8-14-13-5-3-12(23-24(20,21)22)10-11(13)2-4-15(14)16(18)6-7-17(18)19;1-2-4-6-5-3-1/h3,5,10,14-16H,2,4,6-9H2,1H3,(H,20,21,22);6H,1-5H2/t14?,15?,16?,18-;/m0./s1. The highest BCUT2D eigenvalue weighted by Gasteiger charge is 2.54. The van der Waals surface area contributed by atoms with Crippen LogP contribution in [0.1, 0.15) is 75.3 Å². The van der Waals surface area contributed by atoms with Crippen LogP contribution in [0.5, 0.6) is 5.75 Å². The predicted octanol–water partition coefficient (Wildman–Crippen LogP) is 4.05. The zero-order chi connectivity index (χ0) is 21.4. The molecule has 1 aromatic carbocycles. The van der Waals surface area contributed by atoms with Gasteiger partial charge in [-0.1, -0.05) is 19.4 Å². The van der Waals surface area contributed by atoms with E-state index in [1.54, 1.807) is 12.1 Å². The molecule has 3 unspecified atom stereocenters. The van der Waals surface area contributed by atoms with Gasteiger partial charge < -0.3 is 9.50 Å². The van der Waals surface area contributed by atoms with Crippen LogP contribution >= 0.6 is 0 Å². The largest absolute Gasteiger partial charge is 0.446 e. The Morgan fingerprint density at radius 3 is 2.50 bits per heavy atom. The van der Waals surface area contributed by atoms with Crippen LogP contribution in [0.15, 0.2) is 18.2 Å². The number of rotatable bonds is 2. The Bertz CT molecular complexity index is 883. The van der Waals surface area contributed by atoms with Gasteiger partial charge in [0.1, 0.15) is 11.5 Å². The van der Waals surface area contributed by atoms with Crippen molar-refractivity contribution in [2.75, 3.05) is 13.1 Å². The summed E-state index contributed by atoms with van der Waals surface area (Å²) in [5.74, 6) is 2.05. The topological polar surface area (TPSA) is 92.7 Å². The second kappa shape index (κ2) is 8.60. The maximum absolute atomic E-state index is 12.3. The van der Waals surface area contributed by atoms with E-state index in [1.807, 2.05) is 6.07 Å². The van der Waals surface area contributed by atoms with Crippen LogP contribution in [0.2, 0.25) is 0 Å². The molecule has 4 aliphatic rings. The number of piperidine rings is 1. The van der Waals surface area contributed by atoms with Crippen LogP contribution in [0, 0.1) is 17.3 Å². The van der Waals surface area contributed by atoms with Crippen LogP contribution in [-0.2, 0) is 21.6 Å². The molecule has 1 aromatic rings. The average Bonchev–Trinajstić information content (AvgIpc) is 3.03. The first-order valence-corrected chi connectivity index (χ1v) is 12.7. The molecule has 30 heavy (non-hydrogen) atoms. The molecule has 1 heterocycles. The summed E-state index contributed by atoms with van der Waals surface area (Å²) in [4.78, 5) is 12.3. The van der Waals surface area contributed by atoms with E-state index in [0.29, 0.717) is 23.5 Å². The fourth-order valence-electron chi connectivity index (χ4n) is 6.30. The maximum Gasteiger partial charge on any atom is 0.446 e. The van der Waals surface area contributed by atoms with Crippen LogP contribution in [0.3, 0.4) is 0 Å². The summed E-state index contributed by atoms with van der Waals surface area (Å²) < 4.78 is 35.2. The lowest BCUT2D eigenvalue weighted by molar-refractivity contribution is -0.129. The number of aryl methyl sites for hydroxylation is 1. The summed E-state index contributed by atoms with van der Waals surface area (Å²) in [6.07, 6.45) is 9.79. The Hall–Kier alpha value is -1.44. The number of Topliss-reactive ketones (excluding diaryl/α,β-unsaturated/α-hetero) is 1. The molecule has 166 valence electrons. The molecule has 0 amide bonds. The van der Waals surface area contributed by atoms with Crippen molar-refractivity contribution < 1.29 is 21.9 Å². The first kappa shape index (κ1) is 21.8. The molecule has 1 saturated heterocycles. The monoisotopic (exact) mass is 435 g/mol. The number of fused-ring (bicyclic) bond motifs is 5. The first-order chi connectivity index (χ1) is 14.3. The normalized spacial score (nSPS) is 32.9. The van der Waals surface area contributed by atoms with Gasteiger partial charge in [-0.3, -0.25) is 9.35 Å². The SMILES string of the molecule is C1CCNCC1.C[C@]12CCC3c4ccc(OS(=O)(=O)O)cc4CCC3C1CCC2=O. The Kier molecular flexibility index (Phi) is 6.24. The van der Waals surface area contributed by atoms with Gasteiger partial charge in [0.25, 0.3) is 0 Å². The molecule has 6 nitrogen and oxygen atoms in total. The van der Waals surface area contributed by atoms with E-state index in [-0.39, 0.29) is 11.2 Å². The highest BCUT2D eigenvalue weighted by Crippen LogP contribution is 2.59. The Morgan fingerprint density at radius 1 is 1.10 bits per heavy atom. The summed E-state index contributed by atoms with van der Waals surface area (Å²) >= 11 is 0. The zero-order valence-corrected chi connectivity index (χ0v) is 18.5. The Balaban J connectivity index is 0.000000313. The number of carbonyl (C=O) groups is 1. The molecule has 1 aliphatic heterocycles. The van der Waals surface area contributed by atoms with Crippen LogP contribution in [0.4, 0.5) is 0 Å². The predicted molar refractivity (Wildman–Crippen MR) is 115 cm³/mol. The third-order valence-corrected chi connectivity index (χ3v) is 8.22. The van der Waals surface area contributed by atoms with Gasteiger partial charge in [-0.05, 0) is 99.0 Å². The summed E-state index contributed by atoms with van der Waals surface area (Å²) in [5, 5.41) is 3.28. The molecular weight excluding hydrogens is 402 g/mol. The molecule has 7 heteroatoms. The maximum atomic E-state index is 12.3. The van der Waals surface area contributed by atoms with Gasteiger partial charge in [0.15, 0.2) is 0 Å². The molecule has 0 spiro atoms. The van der Waals surface area contributed by atoms with Gasteiger partial charge in [0.05, 0.1) is 0 Å². The van der Waals surface area contributed by atoms with E-state index in [9.17, 15) is 13.2 Å². The van der Waals surface area contributed by atoms with E-state index in [2.05, 4.69) is 16.4 Å². The number of benzene rings is 1. The van der Waals surface area contributed by atoms with Gasteiger partial charge in [0.2, 0.25) is 0 Å². The number of hydrogen-bond acceptors (Lipinski definition) is 5. The minimum Gasteiger partial charge on any atom is -0.362 e. The smallest absolute Gasteiger partial charge is 0.362 e. The van der Waals surface area contributed by atoms with Crippen LogP contribution in [-0.4, -0.2) is 31.8 Å².